The highest BCUT2D eigenvalue weighted by Gasteiger charge is 2.23. The molecule has 1 aromatic heterocycles. The minimum Gasteiger partial charge on any atom is -0.338 e. The van der Waals surface area contributed by atoms with E-state index in [1.807, 2.05) is 54.3 Å². The maximum atomic E-state index is 12.8. The Balaban J connectivity index is 1.42. The molecule has 6 nitrogen and oxygen atoms in total. The predicted octanol–water partition coefficient (Wildman–Crippen LogP) is 4.78. The number of aryl methyl sites for hydroxylation is 1. The molecule has 2 amide bonds. The summed E-state index contributed by atoms with van der Waals surface area (Å²) in [6.45, 7) is 9.63. The summed E-state index contributed by atoms with van der Waals surface area (Å²) in [7, 11) is 0. The van der Waals surface area contributed by atoms with Gasteiger partial charge in [-0.1, -0.05) is 62.7 Å². The number of benzene rings is 2. The summed E-state index contributed by atoms with van der Waals surface area (Å²) in [5, 5.41) is 7.73. The van der Waals surface area contributed by atoms with Gasteiger partial charge in [-0.25, -0.2) is 4.68 Å². The van der Waals surface area contributed by atoms with Crippen molar-refractivity contribution in [1.29, 1.82) is 0 Å². The van der Waals surface area contributed by atoms with Gasteiger partial charge < -0.3 is 10.2 Å². The maximum Gasteiger partial charge on any atom is 0.226 e. The molecule has 0 radical (unpaired) electrons. The van der Waals surface area contributed by atoms with Gasteiger partial charge in [-0.05, 0) is 36.6 Å². The summed E-state index contributed by atoms with van der Waals surface area (Å²) in [4.78, 5) is 27.4. The van der Waals surface area contributed by atoms with E-state index in [1.54, 1.807) is 4.68 Å². The smallest absolute Gasteiger partial charge is 0.226 e. The van der Waals surface area contributed by atoms with E-state index in [-0.39, 0.29) is 30.1 Å². The van der Waals surface area contributed by atoms with Crippen LogP contribution in [0.5, 0.6) is 0 Å². The van der Waals surface area contributed by atoms with Gasteiger partial charge >= 0.3 is 0 Å². The largest absolute Gasteiger partial charge is 0.338 e. The molecule has 2 heterocycles. The lowest BCUT2D eigenvalue weighted by molar-refractivity contribution is -0.133. The molecular formula is C27H32N4O2. The van der Waals surface area contributed by atoms with Crippen LogP contribution in [-0.2, 0) is 28.0 Å². The summed E-state index contributed by atoms with van der Waals surface area (Å²) in [6, 6.07) is 18.2. The average molecular weight is 445 g/mol. The average Bonchev–Trinajstić information content (AvgIpc) is 3.22. The molecule has 6 heteroatoms. The summed E-state index contributed by atoms with van der Waals surface area (Å²) >= 11 is 0. The molecular weight excluding hydrogens is 412 g/mol. The van der Waals surface area contributed by atoms with Gasteiger partial charge in [0.1, 0.15) is 5.82 Å². The molecule has 0 unspecified atom stereocenters. The standard InChI is InChI=1S/C27H32N4O2/c1-19-9-11-22(12-10-19)31-24(17-23(29-31)27(2,3)4)28-25(32)13-14-26(33)30-16-15-20-7-5-6-8-21(20)18-30/h5-12,17H,13-16,18H2,1-4H3,(H,28,32). The Morgan fingerprint density at radius 2 is 1.70 bits per heavy atom. The van der Waals surface area contributed by atoms with Crippen LogP contribution >= 0.6 is 0 Å². The van der Waals surface area contributed by atoms with Crippen LogP contribution in [0, 0.1) is 6.92 Å². The van der Waals surface area contributed by atoms with Crippen molar-refractivity contribution in [2.45, 2.75) is 58.9 Å². The molecule has 0 bridgehead atoms. The fourth-order valence-corrected chi connectivity index (χ4v) is 4.01. The molecule has 0 aliphatic carbocycles. The van der Waals surface area contributed by atoms with Crippen molar-refractivity contribution in [3.8, 4) is 5.69 Å². The summed E-state index contributed by atoms with van der Waals surface area (Å²) in [5.41, 5.74) is 5.27. The Labute approximate surface area is 195 Å². The predicted molar refractivity (Wildman–Crippen MR) is 130 cm³/mol. The first-order valence-corrected chi connectivity index (χ1v) is 11.5. The van der Waals surface area contributed by atoms with Crippen LogP contribution in [0.4, 0.5) is 5.82 Å². The first-order valence-electron chi connectivity index (χ1n) is 11.5. The Morgan fingerprint density at radius 1 is 1.00 bits per heavy atom. The third-order valence-corrected chi connectivity index (χ3v) is 6.07. The van der Waals surface area contributed by atoms with Crippen LogP contribution < -0.4 is 5.32 Å². The van der Waals surface area contributed by atoms with Gasteiger partial charge in [0, 0.05) is 37.4 Å². The molecule has 1 aliphatic rings. The molecule has 0 saturated heterocycles. The lowest BCUT2D eigenvalue weighted by Gasteiger charge is -2.28. The molecule has 33 heavy (non-hydrogen) atoms. The number of carbonyl (C=O) groups is 2. The van der Waals surface area contributed by atoms with Crippen molar-refractivity contribution in [3.63, 3.8) is 0 Å². The second-order valence-corrected chi connectivity index (χ2v) is 9.79. The number of rotatable bonds is 5. The third-order valence-electron chi connectivity index (χ3n) is 6.07. The molecule has 0 spiro atoms. The number of nitrogens with zero attached hydrogens (tertiary/aromatic N) is 3. The van der Waals surface area contributed by atoms with Crippen LogP contribution in [0.3, 0.4) is 0 Å². The minimum absolute atomic E-state index is 0.0158. The first kappa shape index (κ1) is 22.8. The van der Waals surface area contributed by atoms with Crippen LogP contribution in [-0.4, -0.2) is 33.0 Å². The van der Waals surface area contributed by atoms with Gasteiger partial charge in [0.2, 0.25) is 11.8 Å². The zero-order valence-electron chi connectivity index (χ0n) is 19.9. The number of hydrogen-bond donors (Lipinski definition) is 1. The fraction of sp³-hybridized carbons (Fsp3) is 0.370. The minimum atomic E-state index is -0.186. The van der Waals surface area contributed by atoms with Gasteiger partial charge in [-0.3, -0.25) is 9.59 Å². The van der Waals surface area contributed by atoms with Gasteiger partial charge in [-0.2, -0.15) is 5.10 Å². The number of nitrogens with one attached hydrogen (secondary N) is 1. The highest BCUT2D eigenvalue weighted by Crippen LogP contribution is 2.27. The van der Waals surface area contributed by atoms with Gasteiger partial charge in [-0.15, -0.1) is 0 Å². The van der Waals surface area contributed by atoms with Crippen LogP contribution in [0.1, 0.15) is 56.0 Å². The zero-order chi connectivity index (χ0) is 23.6. The molecule has 2 aromatic carbocycles. The molecule has 1 aliphatic heterocycles. The van der Waals surface area contributed by atoms with E-state index >= 15 is 0 Å². The number of carbonyl (C=O) groups excluding carboxylic acids is 2. The van der Waals surface area contributed by atoms with Crippen molar-refractivity contribution >= 4 is 17.6 Å². The van der Waals surface area contributed by atoms with Crippen LogP contribution in [0.25, 0.3) is 5.69 Å². The van der Waals surface area contributed by atoms with Gasteiger partial charge in [0.25, 0.3) is 0 Å². The SMILES string of the molecule is Cc1ccc(-n2nc(C(C)(C)C)cc2NC(=O)CCC(=O)N2CCc3ccccc3C2)cc1. The Kier molecular flexibility index (Phi) is 6.36. The van der Waals surface area contributed by atoms with E-state index in [2.05, 4.69) is 38.2 Å². The summed E-state index contributed by atoms with van der Waals surface area (Å²) < 4.78 is 1.77. The van der Waals surface area contributed by atoms with Crippen molar-refractivity contribution in [2.24, 2.45) is 0 Å². The van der Waals surface area contributed by atoms with Crippen LogP contribution in [0.15, 0.2) is 54.6 Å². The van der Waals surface area contributed by atoms with E-state index in [0.717, 1.165) is 23.4 Å². The first-order chi connectivity index (χ1) is 15.7. The molecule has 3 aromatic rings. The number of hydrogen-bond acceptors (Lipinski definition) is 3. The topological polar surface area (TPSA) is 67.2 Å². The normalized spacial score (nSPS) is 13.5. The third kappa shape index (κ3) is 5.33. The number of aromatic nitrogens is 2. The molecule has 0 fully saturated rings. The quantitative estimate of drug-likeness (QED) is 0.616. The number of fused-ring (bicyclic) bond motifs is 1. The molecule has 172 valence electrons. The number of amides is 2. The van der Waals surface area contributed by atoms with Crippen molar-refractivity contribution in [2.75, 3.05) is 11.9 Å². The summed E-state index contributed by atoms with van der Waals surface area (Å²) in [6.07, 6.45) is 1.19. The maximum absolute atomic E-state index is 12.8. The second-order valence-electron chi connectivity index (χ2n) is 9.79. The highest BCUT2D eigenvalue weighted by molar-refractivity contribution is 5.93. The van der Waals surface area contributed by atoms with E-state index in [9.17, 15) is 9.59 Å². The zero-order valence-corrected chi connectivity index (χ0v) is 19.9. The lowest BCUT2D eigenvalue weighted by atomic mass is 9.92. The Morgan fingerprint density at radius 3 is 2.39 bits per heavy atom. The number of anilines is 1. The molecule has 0 saturated carbocycles. The monoisotopic (exact) mass is 444 g/mol. The van der Waals surface area contributed by atoms with Gasteiger partial charge in [0.05, 0.1) is 11.4 Å². The Hall–Kier alpha value is -3.41. The van der Waals surface area contributed by atoms with Crippen molar-refractivity contribution < 1.29 is 9.59 Å². The van der Waals surface area contributed by atoms with E-state index in [1.165, 1.54) is 11.1 Å². The van der Waals surface area contributed by atoms with Crippen molar-refractivity contribution in [3.05, 3.63) is 77.0 Å². The Bertz CT molecular complexity index is 1160. The summed E-state index contributed by atoms with van der Waals surface area (Å²) in [5.74, 6) is 0.449. The molecule has 4 rings (SSSR count). The highest BCUT2D eigenvalue weighted by atomic mass is 16.2. The lowest BCUT2D eigenvalue weighted by Crippen LogP contribution is -2.36. The molecule has 1 N–H and O–H groups in total. The van der Waals surface area contributed by atoms with E-state index in [4.69, 9.17) is 5.10 Å². The molecule has 0 atom stereocenters. The fourth-order valence-electron chi connectivity index (χ4n) is 4.01. The van der Waals surface area contributed by atoms with E-state index in [0.29, 0.717) is 18.9 Å². The second kappa shape index (κ2) is 9.22. The van der Waals surface area contributed by atoms with E-state index < -0.39 is 0 Å². The van der Waals surface area contributed by atoms with Crippen molar-refractivity contribution in [1.82, 2.24) is 14.7 Å². The van der Waals surface area contributed by atoms with Crippen LogP contribution in [0.2, 0.25) is 0 Å². The van der Waals surface area contributed by atoms with Gasteiger partial charge in [0.15, 0.2) is 0 Å².